The number of benzene rings is 1. The highest BCUT2D eigenvalue weighted by Gasteiger charge is 2.08. The Kier molecular flexibility index (Phi) is 1.80. The van der Waals surface area contributed by atoms with Crippen LogP contribution in [0.4, 0.5) is 0 Å². The van der Waals surface area contributed by atoms with E-state index in [9.17, 15) is 0 Å². The molecule has 0 fully saturated rings. The van der Waals surface area contributed by atoms with Gasteiger partial charge in [0.25, 0.3) is 0 Å². The number of nitrogens with zero attached hydrogens (tertiary/aromatic N) is 1. The second-order valence-corrected chi connectivity index (χ2v) is 4.86. The zero-order valence-corrected chi connectivity index (χ0v) is 9.64. The van der Waals surface area contributed by atoms with Crippen LogP contribution in [0.2, 0.25) is 0 Å². The minimum Gasteiger partial charge on any atom is -0.205 e. The normalized spacial score (nSPS) is 11.3. The quantitative estimate of drug-likeness (QED) is 0.506. The van der Waals surface area contributed by atoms with Crippen LogP contribution in [0.1, 0.15) is 5.69 Å². The van der Waals surface area contributed by atoms with Crippen molar-refractivity contribution in [2.24, 2.45) is 7.05 Å². The standard InChI is InChI=1S/C13H12NS/c1-9-12-8-13-11(4-6-15-13)7-10(12)3-5-14(9)2/h3-8H,1-2H3/q+1. The SMILES string of the molecule is Cc1c2cc3sccc3cc2cc[n+]1C. The minimum atomic E-state index is 1.32. The van der Waals surface area contributed by atoms with Crippen LogP contribution >= 0.6 is 11.3 Å². The number of aromatic nitrogens is 1. The van der Waals surface area contributed by atoms with Crippen molar-refractivity contribution in [1.82, 2.24) is 0 Å². The predicted molar refractivity (Wildman–Crippen MR) is 65.2 cm³/mol. The summed E-state index contributed by atoms with van der Waals surface area (Å²) in [6.07, 6.45) is 2.12. The van der Waals surface area contributed by atoms with Gasteiger partial charge in [0.2, 0.25) is 0 Å². The Labute approximate surface area is 92.6 Å². The van der Waals surface area contributed by atoms with Gasteiger partial charge in [-0.05, 0) is 34.4 Å². The molecule has 2 heterocycles. The molecule has 0 amide bonds. The van der Waals surface area contributed by atoms with Gasteiger partial charge in [-0.15, -0.1) is 11.3 Å². The Balaban J connectivity index is 2.54. The molecule has 0 N–H and O–H groups in total. The van der Waals surface area contributed by atoms with Gasteiger partial charge in [-0.25, -0.2) is 4.57 Å². The summed E-state index contributed by atoms with van der Waals surface area (Å²) >= 11 is 1.81. The monoisotopic (exact) mass is 214 g/mol. The van der Waals surface area contributed by atoms with Gasteiger partial charge in [0.05, 0.1) is 5.39 Å². The lowest BCUT2D eigenvalue weighted by atomic mass is 10.1. The summed E-state index contributed by atoms with van der Waals surface area (Å²) in [5.74, 6) is 0. The van der Waals surface area contributed by atoms with Crippen LogP contribution in [0.15, 0.2) is 35.8 Å². The third-order valence-corrected chi connectivity index (χ3v) is 3.90. The maximum absolute atomic E-state index is 2.30. The van der Waals surface area contributed by atoms with Crippen molar-refractivity contribution in [3.8, 4) is 0 Å². The van der Waals surface area contributed by atoms with E-state index in [2.05, 4.69) is 54.4 Å². The number of fused-ring (bicyclic) bond motifs is 2. The molecule has 2 heteroatoms. The molecule has 0 spiro atoms. The molecule has 1 aromatic carbocycles. The van der Waals surface area contributed by atoms with Crippen LogP contribution in [0.3, 0.4) is 0 Å². The molecule has 0 aliphatic carbocycles. The third-order valence-electron chi connectivity index (χ3n) is 3.02. The highest BCUT2D eigenvalue weighted by molar-refractivity contribution is 7.17. The lowest BCUT2D eigenvalue weighted by Gasteiger charge is -2.00. The largest absolute Gasteiger partial charge is 0.205 e. The fraction of sp³-hybridized carbons (Fsp3) is 0.154. The summed E-state index contributed by atoms with van der Waals surface area (Å²) in [6.45, 7) is 2.17. The zero-order chi connectivity index (χ0) is 10.4. The molecule has 3 rings (SSSR count). The molecular formula is C13H12NS+. The molecule has 3 aromatic rings. The fourth-order valence-corrected chi connectivity index (χ4v) is 2.78. The third kappa shape index (κ3) is 1.25. The Morgan fingerprint density at radius 2 is 2.00 bits per heavy atom. The molecule has 0 atom stereocenters. The first-order valence-electron chi connectivity index (χ1n) is 5.02. The number of rotatable bonds is 0. The maximum atomic E-state index is 2.30. The summed E-state index contributed by atoms with van der Waals surface area (Å²) in [7, 11) is 2.09. The van der Waals surface area contributed by atoms with E-state index in [0.29, 0.717) is 0 Å². The molecular weight excluding hydrogens is 202 g/mol. The Morgan fingerprint density at radius 3 is 2.87 bits per heavy atom. The van der Waals surface area contributed by atoms with Crippen LogP contribution in [-0.4, -0.2) is 0 Å². The second kappa shape index (κ2) is 3.04. The number of thiophene rings is 1. The van der Waals surface area contributed by atoms with Crippen LogP contribution < -0.4 is 4.57 Å². The molecule has 0 bridgehead atoms. The van der Waals surface area contributed by atoms with Gasteiger partial charge in [0, 0.05) is 17.7 Å². The predicted octanol–water partition coefficient (Wildman–Crippen LogP) is 3.19. The minimum absolute atomic E-state index is 1.32. The average Bonchev–Trinajstić information content (AvgIpc) is 2.68. The van der Waals surface area contributed by atoms with E-state index in [1.165, 1.54) is 26.6 Å². The van der Waals surface area contributed by atoms with E-state index < -0.39 is 0 Å². The van der Waals surface area contributed by atoms with Crippen molar-refractivity contribution >= 4 is 32.2 Å². The van der Waals surface area contributed by atoms with E-state index in [4.69, 9.17) is 0 Å². The lowest BCUT2D eigenvalue weighted by molar-refractivity contribution is -0.676. The molecule has 0 aliphatic rings. The lowest BCUT2D eigenvalue weighted by Crippen LogP contribution is -2.30. The van der Waals surface area contributed by atoms with Crippen LogP contribution in [0.25, 0.3) is 20.9 Å². The first kappa shape index (κ1) is 8.86. The molecule has 0 aliphatic heterocycles. The summed E-state index contributed by atoms with van der Waals surface area (Å²) in [5, 5.41) is 6.19. The number of hydrogen-bond acceptors (Lipinski definition) is 1. The Bertz CT molecular complexity index is 652. The summed E-state index contributed by atoms with van der Waals surface area (Å²) in [5.41, 5.74) is 1.32. The van der Waals surface area contributed by atoms with E-state index >= 15 is 0 Å². The summed E-state index contributed by atoms with van der Waals surface area (Å²) in [6, 6.07) is 8.93. The van der Waals surface area contributed by atoms with Crippen LogP contribution in [-0.2, 0) is 7.05 Å². The van der Waals surface area contributed by atoms with Gasteiger partial charge in [0.15, 0.2) is 11.9 Å². The highest BCUT2D eigenvalue weighted by Crippen LogP contribution is 2.27. The van der Waals surface area contributed by atoms with E-state index in [1.807, 2.05) is 11.3 Å². The molecule has 1 nitrogen and oxygen atoms in total. The molecule has 0 saturated carbocycles. The zero-order valence-electron chi connectivity index (χ0n) is 8.82. The van der Waals surface area contributed by atoms with Gasteiger partial charge < -0.3 is 0 Å². The highest BCUT2D eigenvalue weighted by atomic mass is 32.1. The van der Waals surface area contributed by atoms with Gasteiger partial charge in [-0.1, -0.05) is 0 Å². The van der Waals surface area contributed by atoms with Gasteiger partial charge in [-0.2, -0.15) is 0 Å². The molecule has 0 radical (unpaired) electrons. The molecule has 0 saturated heterocycles. The molecule has 2 aromatic heterocycles. The molecule has 0 unspecified atom stereocenters. The Hall–Kier alpha value is -1.41. The second-order valence-electron chi connectivity index (χ2n) is 3.91. The van der Waals surface area contributed by atoms with Gasteiger partial charge >= 0.3 is 0 Å². The van der Waals surface area contributed by atoms with Crippen molar-refractivity contribution in [3.63, 3.8) is 0 Å². The fourth-order valence-electron chi connectivity index (χ4n) is 1.97. The van der Waals surface area contributed by atoms with Gasteiger partial charge in [-0.3, -0.25) is 0 Å². The van der Waals surface area contributed by atoms with Crippen molar-refractivity contribution in [2.45, 2.75) is 6.92 Å². The van der Waals surface area contributed by atoms with Crippen LogP contribution in [0, 0.1) is 6.92 Å². The maximum Gasteiger partial charge on any atom is 0.185 e. The van der Waals surface area contributed by atoms with Gasteiger partial charge in [0.1, 0.15) is 7.05 Å². The van der Waals surface area contributed by atoms with Crippen molar-refractivity contribution in [3.05, 3.63) is 41.5 Å². The van der Waals surface area contributed by atoms with Crippen LogP contribution in [0.5, 0.6) is 0 Å². The molecule has 15 heavy (non-hydrogen) atoms. The number of hydrogen-bond donors (Lipinski definition) is 0. The first-order valence-corrected chi connectivity index (χ1v) is 5.90. The number of pyridine rings is 1. The van der Waals surface area contributed by atoms with E-state index in [0.717, 1.165) is 0 Å². The average molecular weight is 214 g/mol. The summed E-state index contributed by atoms with van der Waals surface area (Å²) < 4.78 is 3.54. The smallest absolute Gasteiger partial charge is 0.185 e. The number of aryl methyl sites for hydroxylation is 2. The Morgan fingerprint density at radius 1 is 1.13 bits per heavy atom. The van der Waals surface area contributed by atoms with E-state index in [1.54, 1.807) is 0 Å². The van der Waals surface area contributed by atoms with Crippen molar-refractivity contribution in [2.75, 3.05) is 0 Å². The topological polar surface area (TPSA) is 3.88 Å². The van der Waals surface area contributed by atoms with Crippen molar-refractivity contribution in [1.29, 1.82) is 0 Å². The van der Waals surface area contributed by atoms with E-state index in [-0.39, 0.29) is 0 Å². The van der Waals surface area contributed by atoms with Crippen molar-refractivity contribution < 1.29 is 4.57 Å². The molecule has 74 valence electrons. The first-order chi connectivity index (χ1) is 7.25. The summed E-state index contributed by atoms with van der Waals surface area (Å²) in [4.78, 5) is 0.